The molecule has 0 radical (unpaired) electrons. The van der Waals surface area contributed by atoms with Gasteiger partial charge in [0, 0.05) is 34.0 Å². The fourth-order valence-electron chi connectivity index (χ4n) is 6.07. The SMILES string of the molecule is COc1ccc(C2c3sc(=O)n(CC(=O)Nc4cccc5ccccc45)c3SC3C(=O)N(c4ccc([N+](=O)[O-])cc4)C(=O)C32)cc1. The van der Waals surface area contributed by atoms with E-state index in [1.807, 2.05) is 36.4 Å². The van der Waals surface area contributed by atoms with Crippen LogP contribution in [0.2, 0.25) is 0 Å². The lowest BCUT2D eigenvalue weighted by atomic mass is 9.83. The number of fused-ring (bicyclic) bond motifs is 3. The van der Waals surface area contributed by atoms with Crippen LogP contribution in [-0.4, -0.2) is 39.6 Å². The summed E-state index contributed by atoms with van der Waals surface area (Å²) in [5.74, 6) is -2.30. The Balaban J connectivity index is 1.27. The number of methoxy groups -OCH3 is 1. The van der Waals surface area contributed by atoms with Crippen LogP contribution >= 0.6 is 23.1 Å². The highest BCUT2D eigenvalue weighted by Gasteiger charge is 2.56. The number of imide groups is 1. The van der Waals surface area contributed by atoms with E-state index in [0.717, 1.165) is 38.8 Å². The van der Waals surface area contributed by atoms with Crippen LogP contribution in [0.1, 0.15) is 16.4 Å². The van der Waals surface area contributed by atoms with Crippen LogP contribution in [0.5, 0.6) is 5.75 Å². The molecule has 1 N–H and O–H groups in total. The third kappa shape index (κ3) is 4.93. The maximum Gasteiger partial charge on any atom is 0.308 e. The zero-order valence-electron chi connectivity index (χ0n) is 24.1. The molecule has 4 aromatic carbocycles. The highest BCUT2D eigenvalue weighted by Crippen LogP contribution is 2.54. The van der Waals surface area contributed by atoms with Crippen LogP contribution in [0, 0.1) is 16.0 Å². The molecule has 230 valence electrons. The predicted octanol–water partition coefficient (Wildman–Crippen LogP) is 5.41. The third-order valence-corrected chi connectivity index (χ3v) is 10.8. The lowest BCUT2D eigenvalue weighted by Crippen LogP contribution is -2.33. The van der Waals surface area contributed by atoms with Gasteiger partial charge < -0.3 is 10.1 Å². The zero-order valence-corrected chi connectivity index (χ0v) is 25.7. The molecule has 5 aromatic rings. The fraction of sp³-hybridized carbons (Fsp3) is 0.152. The molecule has 2 aliphatic heterocycles. The highest BCUT2D eigenvalue weighted by atomic mass is 32.2. The molecule has 1 fully saturated rings. The molecular weight excluding hydrogens is 629 g/mol. The van der Waals surface area contributed by atoms with E-state index >= 15 is 0 Å². The second-order valence-corrected chi connectivity index (χ2v) is 12.9. The molecule has 2 aliphatic rings. The van der Waals surface area contributed by atoms with Crippen molar-refractivity contribution in [3.8, 4) is 5.75 Å². The Morgan fingerprint density at radius 2 is 1.65 bits per heavy atom. The van der Waals surface area contributed by atoms with E-state index in [2.05, 4.69) is 5.32 Å². The van der Waals surface area contributed by atoms with Crippen molar-refractivity contribution in [3.05, 3.63) is 121 Å². The van der Waals surface area contributed by atoms with Crippen molar-refractivity contribution in [3.63, 3.8) is 0 Å². The Morgan fingerprint density at radius 1 is 0.935 bits per heavy atom. The van der Waals surface area contributed by atoms with E-state index in [4.69, 9.17) is 4.74 Å². The van der Waals surface area contributed by atoms with Crippen molar-refractivity contribution in [1.82, 2.24) is 4.57 Å². The van der Waals surface area contributed by atoms with E-state index < -0.39 is 39.7 Å². The number of nitrogens with zero attached hydrogens (tertiary/aromatic N) is 3. The van der Waals surface area contributed by atoms with E-state index in [1.165, 1.54) is 35.9 Å². The lowest BCUT2D eigenvalue weighted by Gasteiger charge is -2.30. The summed E-state index contributed by atoms with van der Waals surface area (Å²) < 4.78 is 6.68. The van der Waals surface area contributed by atoms with Gasteiger partial charge in [-0.2, -0.15) is 0 Å². The van der Waals surface area contributed by atoms with Crippen molar-refractivity contribution < 1.29 is 24.0 Å². The van der Waals surface area contributed by atoms with Crippen LogP contribution in [0.3, 0.4) is 0 Å². The molecule has 0 spiro atoms. The van der Waals surface area contributed by atoms with Gasteiger partial charge in [-0.25, -0.2) is 4.90 Å². The van der Waals surface area contributed by atoms with Gasteiger partial charge >= 0.3 is 4.87 Å². The highest BCUT2D eigenvalue weighted by molar-refractivity contribution is 8.00. The normalized spacial score (nSPS) is 18.7. The fourth-order valence-corrected chi connectivity index (χ4v) is 8.84. The van der Waals surface area contributed by atoms with Crippen LogP contribution in [0.15, 0.2) is 101 Å². The number of non-ortho nitro benzene ring substituents is 1. The van der Waals surface area contributed by atoms with E-state index in [9.17, 15) is 29.3 Å². The molecule has 3 unspecified atom stereocenters. The van der Waals surface area contributed by atoms with E-state index in [1.54, 1.807) is 30.3 Å². The summed E-state index contributed by atoms with van der Waals surface area (Å²) in [4.78, 5) is 66.7. The summed E-state index contributed by atoms with van der Waals surface area (Å²) in [6.45, 7) is -0.290. The van der Waals surface area contributed by atoms with Gasteiger partial charge in [0.05, 0.1) is 28.7 Å². The van der Waals surface area contributed by atoms with Crippen molar-refractivity contribution >= 4 is 68.7 Å². The molecule has 13 heteroatoms. The van der Waals surface area contributed by atoms with Crippen LogP contribution in [-0.2, 0) is 20.9 Å². The zero-order chi connectivity index (χ0) is 32.1. The number of nitrogens with one attached hydrogen (secondary N) is 1. The molecule has 46 heavy (non-hydrogen) atoms. The summed E-state index contributed by atoms with van der Waals surface area (Å²) in [5.41, 5.74) is 1.37. The smallest absolute Gasteiger partial charge is 0.308 e. The maximum atomic E-state index is 14.1. The van der Waals surface area contributed by atoms with Crippen molar-refractivity contribution in [2.24, 2.45) is 5.92 Å². The topological polar surface area (TPSA) is 141 Å². The number of anilines is 2. The number of carbonyl (C=O) groups excluding carboxylic acids is 3. The van der Waals surface area contributed by atoms with E-state index in [0.29, 0.717) is 26.9 Å². The molecule has 3 heterocycles. The molecular formula is C33H24N4O7S2. The molecule has 0 bridgehead atoms. The number of amides is 3. The summed E-state index contributed by atoms with van der Waals surface area (Å²) in [6, 6.07) is 25.5. The quantitative estimate of drug-likeness (QED) is 0.140. The summed E-state index contributed by atoms with van der Waals surface area (Å²) in [5, 5.41) is 15.5. The van der Waals surface area contributed by atoms with Gasteiger partial charge in [-0.05, 0) is 41.3 Å². The first kappa shape index (κ1) is 29.4. The Morgan fingerprint density at radius 3 is 2.37 bits per heavy atom. The minimum atomic E-state index is -0.899. The number of carbonyl (C=O) groups is 3. The Bertz CT molecular complexity index is 2100. The van der Waals surface area contributed by atoms with Crippen molar-refractivity contribution in [1.29, 1.82) is 0 Å². The summed E-state index contributed by atoms with van der Waals surface area (Å²) in [6.07, 6.45) is 0. The first-order chi connectivity index (χ1) is 22.2. The number of ether oxygens (including phenoxy) is 1. The number of aromatic nitrogens is 1. The molecule has 11 nitrogen and oxygen atoms in total. The number of rotatable bonds is 7. The number of hydrogen-bond acceptors (Lipinski definition) is 9. The average Bonchev–Trinajstić information content (AvgIpc) is 3.51. The molecule has 3 amide bonds. The Labute approximate surface area is 269 Å². The first-order valence-corrected chi connectivity index (χ1v) is 15.9. The number of thioether (sulfide) groups is 1. The number of benzene rings is 4. The lowest BCUT2D eigenvalue weighted by molar-refractivity contribution is -0.384. The summed E-state index contributed by atoms with van der Waals surface area (Å²) >= 11 is 2.05. The molecule has 1 saturated heterocycles. The molecule has 1 aromatic heterocycles. The standard InChI is InChI=1S/C33H24N4O7S2/c1-44-22-15-9-19(10-16-22)26-27-28(31(40)36(30(27)39)20-11-13-21(14-12-20)37(42)43)45-32-29(26)46-33(41)35(32)17-25(38)34-24-8-4-6-18-5-2-3-7-23(18)24/h2-16,26-28H,17H2,1H3,(H,34,38). The Hall–Kier alpha value is -5.27. The van der Waals surface area contributed by atoms with Crippen LogP contribution in [0.25, 0.3) is 10.8 Å². The second kappa shape index (κ2) is 11.6. The largest absolute Gasteiger partial charge is 0.497 e. The van der Waals surface area contributed by atoms with Gasteiger partial charge in [0.1, 0.15) is 17.5 Å². The van der Waals surface area contributed by atoms with Gasteiger partial charge in [0.2, 0.25) is 17.7 Å². The number of nitro groups is 1. The predicted molar refractivity (Wildman–Crippen MR) is 175 cm³/mol. The average molecular weight is 653 g/mol. The van der Waals surface area contributed by atoms with Gasteiger partial charge in [-0.15, -0.1) is 0 Å². The molecule has 7 rings (SSSR count). The summed E-state index contributed by atoms with van der Waals surface area (Å²) in [7, 11) is 1.54. The minimum Gasteiger partial charge on any atom is -0.497 e. The molecule has 0 saturated carbocycles. The number of nitro benzene ring substituents is 1. The molecule has 3 atom stereocenters. The number of hydrogen-bond donors (Lipinski definition) is 1. The first-order valence-electron chi connectivity index (χ1n) is 14.2. The third-order valence-electron chi connectivity index (χ3n) is 8.21. The maximum absolute atomic E-state index is 14.1. The van der Waals surface area contributed by atoms with Gasteiger partial charge in [-0.3, -0.25) is 33.9 Å². The van der Waals surface area contributed by atoms with Gasteiger partial charge in [-0.1, -0.05) is 71.6 Å². The molecule has 0 aliphatic carbocycles. The Kier molecular flexibility index (Phi) is 7.41. The second-order valence-electron chi connectivity index (χ2n) is 10.8. The van der Waals surface area contributed by atoms with Gasteiger partial charge in [0.15, 0.2) is 0 Å². The van der Waals surface area contributed by atoms with Crippen molar-refractivity contribution in [2.45, 2.75) is 22.7 Å². The number of thiazole rings is 1. The van der Waals surface area contributed by atoms with Crippen LogP contribution in [0.4, 0.5) is 17.1 Å². The van der Waals surface area contributed by atoms with Crippen LogP contribution < -0.4 is 19.8 Å². The monoisotopic (exact) mass is 652 g/mol. The minimum absolute atomic E-state index is 0.168. The van der Waals surface area contributed by atoms with E-state index in [-0.39, 0.29) is 22.8 Å². The van der Waals surface area contributed by atoms with Crippen molar-refractivity contribution in [2.75, 3.05) is 17.3 Å². The van der Waals surface area contributed by atoms with Gasteiger partial charge in [0.25, 0.3) is 5.69 Å².